The summed E-state index contributed by atoms with van der Waals surface area (Å²) in [6, 6.07) is 11.6. The number of amides is 1. The number of nitrogens with one attached hydrogen (secondary N) is 1. The Morgan fingerprint density at radius 1 is 1.04 bits per heavy atom. The van der Waals surface area contributed by atoms with E-state index in [1.807, 2.05) is 0 Å². The Hall–Kier alpha value is -2.09. The zero-order valence-corrected chi connectivity index (χ0v) is 17.5. The molecule has 1 amide bonds. The van der Waals surface area contributed by atoms with Crippen LogP contribution in [0, 0.1) is 6.92 Å². The minimum Gasteiger partial charge on any atom is -0.399 e. The van der Waals surface area contributed by atoms with Crippen LogP contribution in [0.1, 0.15) is 41.6 Å². The van der Waals surface area contributed by atoms with E-state index in [-0.39, 0.29) is 23.2 Å². The van der Waals surface area contributed by atoms with E-state index in [2.05, 4.69) is 5.32 Å². The van der Waals surface area contributed by atoms with Crippen molar-refractivity contribution >= 4 is 39.7 Å². The van der Waals surface area contributed by atoms with Crippen molar-refractivity contribution in [2.75, 3.05) is 24.1 Å². The molecule has 2 aromatic carbocycles. The second-order valence-electron chi connectivity index (χ2n) is 6.88. The largest absolute Gasteiger partial charge is 0.399 e. The number of sulfonamides is 1. The summed E-state index contributed by atoms with van der Waals surface area (Å²) in [6.07, 6.45) is 3.87. The highest BCUT2D eigenvalue weighted by molar-refractivity contribution is 7.89. The van der Waals surface area contributed by atoms with Crippen LogP contribution in [0.25, 0.3) is 0 Å². The van der Waals surface area contributed by atoms with Crippen molar-refractivity contribution in [3.8, 4) is 0 Å². The number of carbonyl (C=O) groups excluding carboxylic acids is 1. The van der Waals surface area contributed by atoms with Crippen molar-refractivity contribution in [1.82, 2.24) is 4.31 Å². The highest BCUT2D eigenvalue weighted by Crippen LogP contribution is 2.26. The molecular formula is C20H26ClN3O3S. The van der Waals surface area contributed by atoms with Crippen LogP contribution < -0.4 is 11.1 Å². The zero-order valence-electron chi connectivity index (χ0n) is 15.8. The number of aryl methyl sites for hydroxylation is 1. The molecule has 3 N–H and O–H groups in total. The van der Waals surface area contributed by atoms with Gasteiger partial charge in [-0.05, 0) is 55.7 Å². The number of benzene rings is 2. The summed E-state index contributed by atoms with van der Waals surface area (Å²) in [7, 11) is -3.58. The monoisotopic (exact) mass is 423 g/mol. The number of anilines is 2. The van der Waals surface area contributed by atoms with Crippen LogP contribution >= 0.6 is 12.4 Å². The lowest BCUT2D eigenvalue weighted by Gasteiger charge is -2.21. The third-order valence-electron chi connectivity index (χ3n) is 4.78. The fraction of sp³-hybridized carbons (Fsp3) is 0.350. The van der Waals surface area contributed by atoms with Crippen LogP contribution in [0.2, 0.25) is 0 Å². The molecule has 152 valence electrons. The standard InChI is InChI=1S/C20H25N3O3S.ClH/c1-15-9-10-18(22-20(24)16-7-6-8-17(21)13-16)14-19(15)27(25,26)23-11-4-2-3-5-12-23;/h6-10,13-14H,2-5,11-12,21H2,1H3,(H,22,24);1H. The quantitative estimate of drug-likeness (QED) is 0.731. The van der Waals surface area contributed by atoms with E-state index in [1.165, 1.54) is 0 Å². The number of hydrogen-bond donors (Lipinski definition) is 2. The third-order valence-corrected chi connectivity index (χ3v) is 6.82. The van der Waals surface area contributed by atoms with E-state index in [0.717, 1.165) is 25.7 Å². The molecule has 0 bridgehead atoms. The van der Waals surface area contributed by atoms with Crippen molar-refractivity contribution in [3.05, 3.63) is 53.6 Å². The van der Waals surface area contributed by atoms with Gasteiger partial charge in [-0.1, -0.05) is 25.0 Å². The number of carbonyl (C=O) groups is 1. The Labute approximate surface area is 172 Å². The average molecular weight is 424 g/mol. The summed E-state index contributed by atoms with van der Waals surface area (Å²) in [6.45, 7) is 2.86. The minimum absolute atomic E-state index is 0. The predicted molar refractivity (Wildman–Crippen MR) is 114 cm³/mol. The lowest BCUT2D eigenvalue weighted by atomic mass is 10.1. The predicted octanol–water partition coefficient (Wildman–Crippen LogP) is 3.82. The highest BCUT2D eigenvalue weighted by atomic mass is 35.5. The van der Waals surface area contributed by atoms with Gasteiger partial charge >= 0.3 is 0 Å². The third kappa shape index (κ3) is 5.04. The molecule has 1 heterocycles. The van der Waals surface area contributed by atoms with Gasteiger partial charge in [-0.2, -0.15) is 4.31 Å². The van der Waals surface area contributed by atoms with E-state index in [1.54, 1.807) is 53.7 Å². The van der Waals surface area contributed by atoms with E-state index in [4.69, 9.17) is 5.73 Å². The molecule has 0 unspecified atom stereocenters. The summed E-state index contributed by atoms with van der Waals surface area (Å²) >= 11 is 0. The SMILES string of the molecule is Cc1ccc(NC(=O)c2cccc(N)c2)cc1S(=O)(=O)N1CCCCCC1.Cl. The van der Waals surface area contributed by atoms with Gasteiger partial charge in [0.1, 0.15) is 0 Å². The Bertz CT molecular complexity index is 939. The molecule has 2 aromatic rings. The van der Waals surface area contributed by atoms with Gasteiger partial charge in [-0.15, -0.1) is 12.4 Å². The molecule has 0 radical (unpaired) electrons. The first-order chi connectivity index (χ1) is 12.9. The van der Waals surface area contributed by atoms with Gasteiger partial charge in [0, 0.05) is 30.0 Å². The lowest BCUT2D eigenvalue weighted by molar-refractivity contribution is 0.102. The van der Waals surface area contributed by atoms with Gasteiger partial charge in [-0.25, -0.2) is 8.42 Å². The summed E-state index contributed by atoms with van der Waals surface area (Å²) in [5.41, 5.74) is 7.75. The van der Waals surface area contributed by atoms with Crippen LogP contribution in [0.4, 0.5) is 11.4 Å². The first kappa shape index (κ1) is 22.2. The first-order valence-corrected chi connectivity index (χ1v) is 10.6. The van der Waals surface area contributed by atoms with Crippen LogP contribution in [-0.4, -0.2) is 31.7 Å². The van der Waals surface area contributed by atoms with Crippen molar-refractivity contribution in [2.45, 2.75) is 37.5 Å². The molecule has 0 saturated carbocycles. The molecule has 0 spiro atoms. The second-order valence-corrected chi connectivity index (χ2v) is 8.78. The van der Waals surface area contributed by atoms with Crippen molar-refractivity contribution in [2.24, 2.45) is 0 Å². The van der Waals surface area contributed by atoms with Gasteiger partial charge < -0.3 is 11.1 Å². The summed E-state index contributed by atoms with van der Waals surface area (Å²) in [5.74, 6) is -0.329. The Balaban J connectivity index is 0.00000280. The first-order valence-electron chi connectivity index (χ1n) is 9.15. The maximum Gasteiger partial charge on any atom is 0.255 e. The van der Waals surface area contributed by atoms with Crippen molar-refractivity contribution in [3.63, 3.8) is 0 Å². The van der Waals surface area contributed by atoms with Gasteiger partial charge in [0.15, 0.2) is 0 Å². The second kappa shape index (κ2) is 9.41. The summed E-state index contributed by atoms with van der Waals surface area (Å²) < 4.78 is 27.8. The van der Waals surface area contributed by atoms with Crippen LogP contribution in [0.15, 0.2) is 47.4 Å². The van der Waals surface area contributed by atoms with Crippen molar-refractivity contribution in [1.29, 1.82) is 0 Å². The Morgan fingerprint density at radius 3 is 2.36 bits per heavy atom. The fourth-order valence-corrected chi connectivity index (χ4v) is 5.03. The molecule has 1 aliphatic rings. The zero-order chi connectivity index (χ0) is 19.4. The molecule has 1 aliphatic heterocycles. The molecular weight excluding hydrogens is 398 g/mol. The molecule has 0 aliphatic carbocycles. The molecule has 1 fully saturated rings. The number of nitrogens with two attached hydrogens (primary N) is 1. The van der Waals surface area contributed by atoms with Crippen LogP contribution in [0.5, 0.6) is 0 Å². The number of hydrogen-bond acceptors (Lipinski definition) is 4. The normalized spacial score (nSPS) is 15.3. The fourth-order valence-electron chi connectivity index (χ4n) is 3.26. The molecule has 0 atom stereocenters. The topological polar surface area (TPSA) is 92.5 Å². The number of halogens is 1. The Morgan fingerprint density at radius 2 is 1.71 bits per heavy atom. The van der Waals surface area contributed by atoms with Crippen LogP contribution in [-0.2, 0) is 10.0 Å². The average Bonchev–Trinajstić information content (AvgIpc) is 2.93. The van der Waals surface area contributed by atoms with E-state index in [0.29, 0.717) is 35.6 Å². The molecule has 28 heavy (non-hydrogen) atoms. The van der Waals surface area contributed by atoms with Gasteiger partial charge in [0.05, 0.1) is 4.90 Å². The van der Waals surface area contributed by atoms with Gasteiger partial charge in [0.25, 0.3) is 5.91 Å². The molecule has 3 rings (SSSR count). The molecule has 0 aromatic heterocycles. The molecule has 6 nitrogen and oxygen atoms in total. The maximum absolute atomic E-state index is 13.1. The van der Waals surface area contributed by atoms with E-state index in [9.17, 15) is 13.2 Å². The number of rotatable bonds is 4. The maximum atomic E-state index is 13.1. The van der Waals surface area contributed by atoms with Crippen LogP contribution in [0.3, 0.4) is 0 Å². The highest BCUT2D eigenvalue weighted by Gasteiger charge is 2.27. The van der Waals surface area contributed by atoms with E-state index < -0.39 is 10.0 Å². The summed E-state index contributed by atoms with van der Waals surface area (Å²) in [4.78, 5) is 12.7. The van der Waals surface area contributed by atoms with E-state index >= 15 is 0 Å². The minimum atomic E-state index is -3.58. The number of nitrogens with zero attached hydrogens (tertiary/aromatic N) is 1. The van der Waals surface area contributed by atoms with Crippen molar-refractivity contribution < 1.29 is 13.2 Å². The lowest BCUT2D eigenvalue weighted by Crippen LogP contribution is -2.32. The summed E-state index contributed by atoms with van der Waals surface area (Å²) in [5, 5.41) is 2.76. The van der Waals surface area contributed by atoms with Gasteiger partial charge in [-0.3, -0.25) is 4.79 Å². The number of nitrogen functional groups attached to an aromatic ring is 1. The molecule has 1 saturated heterocycles. The molecule has 8 heteroatoms. The Kier molecular flexibility index (Phi) is 7.46. The smallest absolute Gasteiger partial charge is 0.255 e. The van der Waals surface area contributed by atoms with Gasteiger partial charge in [0.2, 0.25) is 10.0 Å².